The first-order valence-corrected chi connectivity index (χ1v) is 7.94. The maximum absolute atomic E-state index is 11.4. The van der Waals surface area contributed by atoms with E-state index < -0.39 is 0 Å². The van der Waals surface area contributed by atoms with Gasteiger partial charge in [0.1, 0.15) is 5.75 Å². The van der Waals surface area contributed by atoms with Gasteiger partial charge in [-0.15, -0.1) is 12.4 Å². The third kappa shape index (κ3) is 5.26. The number of esters is 1. The van der Waals surface area contributed by atoms with Crippen LogP contribution in [0.15, 0.2) is 36.4 Å². The average molecular weight is 362 g/mol. The zero-order valence-electron chi connectivity index (χ0n) is 14.9. The van der Waals surface area contributed by atoms with Gasteiger partial charge in [-0.05, 0) is 74.2 Å². The van der Waals surface area contributed by atoms with Crippen LogP contribution < -0.4 is 5.32 Å². The molecule has 0 radical (unpaired) electrons. The van der Waals surface area contributed by atoms with Crippen molar-refractivity contribution in [3.63, 3.8) is 0 Å². The van der Waals surface area contributed by atoms with Crippen LogP contribution in [0.5, 0.6) is 5.75 Å². The van der Waals surface area contributed by atoms with Crippen LogP contribution in [0.4, 0.5) is 11.4 Å². The molecule has 0 fully saturated rings. The second-order valence-corrected chi connectivity index (χ2v) is 5.68. The van der Waals surface area contributed by atoms with E-state index in [4.69, 9.17) is 4.74 Å². The summed E-state index contributed by atoms with van der Waals surface area (Å²) in [4.78, 5) is 11.4. The number of phenolic OH excluding ortho intramolecular Hbond substituents is 1. The van der Waals surface area contributed by atoms with E-state index in [1.54, 1.807) is 13.0 Å². The van der Waals surface area contributed by atoms with Crippen molar-refractivity contribution in [2.45, 2.75) is 27.7 Å². The minimum absolute atomic E-state index is 0. The fourth-order valence-electron chi connectivity index (χ4n) is 2.43. The summed E-state index contributed by atoms with van der Waals surface area (Å²) < 4.78 is 4.88. The zero-order valence-corrected chi connectivity index (χ0v) is 15.7. The molecule has 0 aromatic heterocycles. The number of aryl methyl sites for hydroxylation is 1. The highest BCUT2D eigenvalue weighted by Crippen LogP contribution is 2.32. The van der Waals surface area contributed by atoms with Crippen LogP contribution in [-0.2, 0) is 9.53 Å². The van der Waals surface area contributed by atoms with Crippen LogP contribution in [0.25, 0.3) is 6.08 Å². The number of rotatable bonds is 5. The summed E-state index contributed by atoms with van der Waals surface area (Å²) in [5, 5.41) is 13.4. The molecular weight excluding hydrogens is 338 g/mol. The molecule has 134 valence electrons. The van der Waals surface area contributed by atoms with Crippen LogP contribution in [0.3, 0.4) is 0 Å². The lowest BCUT2D eigenvalue weighted by Gasteiger charge is -2.15. The Hall–Kier alpha value is -2.46. The van der Waals surface area contributed by atoms with Crippen LogP contribution in [0.1, 0.15) is 29.2 Å². The van der Waals surface area contributed by atoms with Crippen molar-refractivity contribution < 1.29 is 14.6 Å². The Kier molecular flexibility index (Phi) is 7.52. The number of carbonyl (C=O) groups excluding carboxylic acids is 1. The smallest absolute Gasteiger partial charge is 0.330 e. The van der Waals surface area contributed by atoms with Gasteiger partial charge in [-0.1, -0.05) is 12.1 Å². The Labute approximate surface area is 154 Å². The quantitative estimate of drug-likeness (QED) is 0.444. The first kappa shape index (κ1) is 20.6. The Morgan fingerprint density at radius 1 is 1.20 bits per heavy atom. The monoisotopic (exact) mass is 361 g/mol. The number of ether oxygens (including phenoxy) is 1. The number of hydrogen-bond donors (Lipinski definition) is 2. The van der Waals surface area contributed by atoms with Gasteiger partial charge < -0.3 is 15.2 Å². The molecule has 0 unspecified atom stereocenters. The van der Waals surface area contributed by atoms with Crippen molar-refractivity contribution in [3.05, 3.63) is 58.7 Å². The molecule has 0 aliphatic rings. The number of aromatic hydroxyl groups is 1. The van der Waals surface area contributed by atoms with Gasteiger partial charge in [0.25, 0.3) is 0 Å². The van der Waals surface area contributed by atoms with E-state index in [0.29, 0.717) is 12.4 Å². The van der Waals surface area contributed by atoms with Gasteiger partial charge >= 0.3 is 5.97 Å². The van der Waals surface area contributed by atoms with Crippen molar-refractivity contribution in [2.75, 3.05) is 11.9 Å². The summed E-state index contributed by atoms with van der Waals surface area (Å²) in [7, 11) is 0. The molecule has 0 aliphatic heterocycles. The number of benzene rings is 2. The molecule has 0 heterocycles. The molecule has 2 rings (SSSR count). The fourth-order valence-corrected chi connectivity index (χ4v) is 2.43. The van der Waals surface area contributed by atoms with Crippen LogP contribution >= 0.6 is 12.4 Å². The standard InChI is InChI=1S/C20H23NO3.ClH/c1-5-24-19(22)10-9-16-7-6-8-17(12-16)21-18-11-13(2)20(23)15(4)14(18)3;/h6-12,21,23H,5H2,1-4H3;1H. The molecule has 0 atom stereocenters. The van der Waals surface area contributed by atoms with E-state index in [0.717, 1.165) is 33.6 Å². The predicted octanol–water partition coefficient (Wildman–Crippen LogP) is 5.06. The topological polar surface area (TPSA) is 58.6 Å². The number of phenols is 1. The Morgan fingerprint density at radius 3 is 2.60 bits per heavy atom. The lowest BCUT2D eigenvalue weighted by molar-refractivity contribution is -0.137. The maximum Gasteiger partial charge on any atom is 0.330 e. The predicted molar refractivity (Wildman–Crippen MR) is 105 cm³/mol. The second kappa shape index (κ2) is 9.14. The SMILES string of the molecule is CCOC(=O)C=Cc1cccc(Nc2cc(C)c(O)c(C)c2C)c1.Cl. The van der Waals surface area contributed by atoms with Gasteiger partial charge in [-0.3, -0.25) is 0 Å². The molecule has 5 heteroatoms. The minimum Gasteiger partial charge on any atom is -0.507 e. The molecule has 0 spiro atoms. The first-order valence-electron chi connectivity index (χ1n) is 7.94. The summed E-state index contributed by atoms with van der Waals surface area (Å²) in [5.74, 6) is -0.0133. The van der Waals surface area contributed by atoms with Crippen LogP contribution in [0.2, 0.25) is 0 Å². The molecule has 0 saturated carbocycles. The van der Waals surface area contributed by atoms with E-state index in [2.05, 4.69) is 5.32 Å². The average Bonchev–Trinajstić information content (AvgIpc) is 2.56. The summed E-state index contributed by atoms with van der Waals surface area (Å²) in [6.45, 7) is 7.90. The minimum atomic E-state index is -0.350. The number of anilines is 2. The van der Waals surface area contributed by atoms with Gasteiger partial charge in [-0.2, -0.15) is 0 Å². The molecule has 2 aromatic rings. The Bertz CT molecular complexity index is 785. The van der Waals surface area contributed by atoms with Gasteiger partial charge in [0, 0.05) is 17.5 Å². The molecule has 4 nitrogen and oxygen atoms in total. The summed E-state index contributed by atoms with van der Waals surface area (Å²) in [6, 6.07) is 9.67. The Balaban J connectivity index is 0.00000312. The lowest BCUT2D eigenvalue weighted by Crippen LogP contribution is -1.99. The van der Waals surface area contributed by atoms with Gasteiger partial charge in [0.15, 0.2) is 0 Å². The molecule has 2 aromatic carbocycles. The van der Waals surface area contributed by atoms with E-state index in [9.17, 15) is 9.90 Å². The second-order valence-electron chi connectivity index (χ2n) is 5.68. The summed E-state index contributed by atoms with van der Waals surface area (Å²) in [6.07, 6.45) is 3.14. The van der Waals surface area contributed by atoms with E-state index in [1.807, 2.05) is 51.1 Å². The van der Waals surface area contributed by atoms with Crippen LogP contribution in [0, 0.1) is 20.8 Å². The molecular formula is C20H24ClNO3. The van der Waals surface area contributed by atoms with Gasteiger partial charge in [-0.25, -0.2) is 4.79 Å². The summed E-state index contributed by atoms with van der Waals surface area (Å²) >= 11 is 0. The third-order valence-electron chi connectivity index (χ3n) is 3.92. The van der Waals surface area contributed by atoms with E-state index in [1.165, 1.54) is 6.08 Å². The van der Waals surface area contributed by atoms with Gasteiger partial charge in [0.05, 0.1) is 6.61 Å². The van der Waals surface area contributed by atoms with Crippen molar-refractivity contribution in [2.24, 2.45) is 0 Å². The molecule has 0 bridgehead atoms. The molecule has 2 N–H and O–H groups in total. The Morgan fingerprint density at radius 2 is 1.92 bits per heavy atom. The highest BCUT2D eigenvalue weighted by atomic mass is 35.5. The highest BCUT2D eigenvalue weighted by molar-refractivity contribution is 5.87. The lowest BCUT2D eigenvalue weighted by atomic mass is 10.0. The normalized spacial score (nSPS) is 10.4. The fraction of sp³-hybridized carbons (Fsp3) is 0.250. The molecule has 25 heavy (non-hydrogen) atoms. The molecule has 0 amide bonds. The number of hydrogen-bond acceptors (Lipinski definition) is 4. The summed E-state index contributed by atoms with van der Waals surface area (Å²) in [5.41, 5.74) is 5.47. The van der Waals surface area contributed by atoms with Crippen molar-refractivity contribution in [1.82, 2.24) is 0 Å². The first-order chi connectivity index (χ1) is 11.4. The highest BCUT2D eigenvalue weighted by Gasteiger charge is 2.09. The number of nitrogens with one attached hydrogen (secondary N) is 1. The van der Waals surface area contributed by atoms with E-state index in [-0.39, 0.29) is 18.4 Å². The van der Waals surface area contributed by atoms with Crippen molar-refractivity contribution in [3.8, 4) is 5.75 Å². The van der Waals surface area contributed by atoms with Crippen molar-refractivity contribution >= 4 is 35.8 Å². The number of halogens is 1. The molecule has 0 saturated heterocycles. The largest absolute Gasteiger partial charge is 0.507 e. The van der Waals surface area contributed by atoms with Gasteiger partial charge in [0.2, 0.25) is 0 Å². The van der Waals surface area contributed by atoms with Crippen LogP contribution in [-0.4, -0.2) is 17.7 Å². The molecule has 0 aliphatic carbocycles. The third-order valence-corrected chi connectivity index (χ3v) is 3.92. The maximum atomic E-state index is 11.4. The number of carbonyl (C=O) groups is 1. The van der Waals surface area contributed by atoms with Crippen molar-refractivity contribution in [1.29, 1.82) is 0 Å². The zero-order chi connectivity index (χ0) is 17.7. The van der Waals surface area contributed by atoms with E-state index >= 15 is 0 Å².